The van der Waals surface area contributed by atoms with Crippen molar-refractivity contribution in [3.05, 3.63) is 80.9 Å². The fourth-order valence-electron chi connectivity index (χ4n) is 3.42. The Morgan fingerprint density at radius 1 is 1.12 bits per heavy atom. The van der Waals surface area contributed by atoms with Crippen LogP contribution in [0.4, 0.5) is 0 Å². The van der Waals surface area contributed by atoms with E-state index in [1.807, 2.05) is 31.2 Å². The summed E-state index contributed by atoms with van der Waals surface area (Å²) in [4.78, 5) is 29.0. The first-order chi connectivity index (χ1) is 12.6. The Kier molecular flexibility index (Phi) is 4.29. The molecule has 1 aliphatic carbocycles. The fourth-order valence-corrected chi connectivity index (χ4v) is 3.42. The maximum absolute atomic E-state index is 12.4. The first-order valence-corrected chi connectivity index (χ1v) is 8.88. The Hall–Kier alpha value is -2.95. The minimum Gasteiger partial charge on any atom is -0.456 e. The molecule has 0 atom stereocenters. The minimum absolute atomic E-state index is 0.0183. The molecule has 132 valence electrons. The summed E-state index contributed by atoms with van der Waals surface area (Å²) in [5, 5.41) is 0. The third-order valence-electron chi connectivity index (χ3n) is 4.80. The zero-order valence-corrected chi connectivity index (χ0v) is 14.7. The molecule has 1 aliphatic rings. The number of ether oxygens (including phenoxy) is 1. The number of nitrogens with zero attached hydrogens (tertiary/aromatic N) is 2. The van der Waals surface area contributed by atoms with Gasteiger partial charge in [0.1, 0.15) is 12.3 Å². The van der Waals surface area contributed by atoms with Crippen LogP contribution < -0.4 is 5.56 Å². The summed E-state index contributed by atoms with van der Waals surface area (Å²) in [6.07, 6.45) is 6.21. The van der Waals surface area contributed by atoms with Crippen LogP contribution in [0.2, 0.25) is 0 Å². The highest BCUT2D eigenvalue weighted by molar-refractivity contribution is 5.89. The SMILES string of the molecule is Cc1ccc2nc(COC(=O)c3ccc4c(c3)CCCC4)cc(=O)n2c1. The Morgan fingerprint density at radius 3 is 2.77 bits per heavy atom. The van der Waals surface area contributed by atoms with Gasteiger partial charge < -0.3 is 4.74 Å². The molecule has 0 unspecified atom stereocenters. The number of aromatic nitrogens is 2. The van der Waals surface area contributed by atoms with Gasteiger partial charge in [-0.15, -0.1) is 0 Å². The van der Waals surface area contributed by atoms with Gasteiger partial charge in [0.05, 0.1) is 11.3 Å². The number of carbonyl (C=O) groups excluding carboxylic acids is 1. The summed E-state index contributed by atoms with van der Waals surface area (Å²) in [7, 11) is 0. The number of hydrogen-bond donors (Lipinski definition) is 0. The maximum Gasteiger partial charge on any atom is 0.338 e. The van der Waals surface area contributed by atoms with Crippen molar-refractivity contribution in [3.63, 3.8) is 0 Å². The Morgan fingerprint density at radius 2 is 1.92 bits per heavy atom. The zero-order valence-electron chi connectivity index (χ0n) is 14.7. The number of pyridine rings is 1. The lowest BCUT2D eigenvalue weighted by Gasteiger charge is -2.16. The predicted octanol–water partition coefficient (Wildman–Crippen LogP) is 3.24. The smallest absolute Gasteiger partial charge is 0.338 e. The standard InChI is InChI=1S/C21H20N2O3/c1-14-6-9-19-22-18(11-20(24)23(19)12-14)13-26-21(25)17-8-7-15-4-2-3-5-16(15)10-17/h6-12H,2-5,13H2,1H3. The van der Waals surface area contributed by atoms with Gasteiger partial charge in [-0.3, -0.25) is 9.20 Å². The van der Waals surface area contributed by atoms with Crippen LogP contribution in [-0.2, 0) is 24.2 Å². The summed E-state index contributed by atoms with van der Waals surface area (Å²) in [6, 6.07) is 10.9. The molecule has 0 N–H and O–H groups in total. The molecular formula is C21H20N2O3. The van der Waals surface area contributed by atoms with Gasteiger partial charge in [0, 0.05) is 12.3 Å². The van der Waals surface area contributed by atoms with Gasteiger partial charge in [-0.1, -0.05) is 12.1 Å². The molecule has 1 aromatic carbocycles. The van der Waals surface area contributed by atoms with Crippen molar-refractivity contribution in [2.24, 2.45) is 0 Å². The lowest BCUT2D eigenvalue weighted by molar-refractivity contribution is 0.0467. The van der Waals surface area contributed by atoms with Gasteiger partial charge in [0.2, 0.25) is 0 Å². The summed E-state index contributed by atoms with van der Waals surface area (Å²) in [5.41, 5.74) is 4.91. The van der Waals surface area contributed by atoms with E-state index in [9.17, 15) is 9.59 Å². The van der Waals surface area contributed by atoms with Crippen molar-refractivity contribution >= 4 is 11.6 Å². The lowest BCUT2D eigenvalue weighted by Crippen LogP contribution is -2.17. The number of carbonyl (C=O) groups is 1. The molecule has 0 saturated heterocycles. The summed E-state index contributed by atoms with van der Waals surface area (Å²) >= 11 is 0. The third-order valence-corrected chi connectivity index (χ3v) is 4.80. The molecule has 26 heavy (non-hydrogen) atoms. The van der Waals surface area contributed by atoms with Gasteiger partial charge in [0.15, 0.2) is 0 Å². The van der Waals surface area contributed by atoms with Gasteiger partial charge in [-0.2, -0.15) is 0 Å². The molecule has 0 radical (unpaired) electrons. The van der Waals surface area contributed by atoms with E-state index in [2.05, 4.69) is 4.98 Å². The highest BCUT2D eigenvalue weighted by Gasteiger charge is 2.14. The van der Waals surface area contributed by atoms with E-state index in [4.69, 9.17) is 4.74 Å². The van der Waals surface area contributed by atoms with Crippen molar-refractivity contribution in [2.45, 2.75) is 39.2 Å². The number of esters is 1. The average Bonchev–Trinajstić information content (AvgIpc) is 2.66. The number of fused-ring (bicyclic) bond motifs is 2. The van der Waals surface area contributed by atoms with E-state index in [1.54, 1.807) is 12.3 Å². The summed E-state index contributed by atoms with van der Waals surface area (Å²) < 4.78 is 6.87. The van der Waals surface area contributed by atoms with Crippen LogP contribution >= 0.6 is 0 Å². The van der Waals surface area contributed by atoms with Crippen molar-refractivity contribution in [1.29, 1.82) is 0 Å². The van der Waals surface area contributed by atoms with Crippen LogP contribution in [0.1, 0.15) is 45.6 Å². The highest BCUT2D eigenvalue weighted by Crippen LogP contribution is 2.22. The first-order valence-electron chi connectivity index (χ1n) is 8.88. The Balaban J connectivity index is 1.52. The first kappa shape index (κ1) is 16.5. The molecule has 0 bridgehead atoms. The van der Waals surface area contributed by atoms with Crippen molar-refractivity contribution in [1.82, 2.24) is 9.38 Å². The fraction of sp³-hybridized carbons (Fsp3) is 0.286. The van der Waals surface area contributed by atoms with Crippen LogP contribution in [0.15, 0.2) is 47.4 Å². The Labute approximate surface area is 151 Å². The number of aryl methyl sites for hydroxylation is 3. The van der Waals surface area contributed by atoms with Crippen molar-refractivity contribution in [3.8, 4) is 0 Å². The molecule has 0 amide bonds. The lowest BCUT2D eigenvalue weighted by atomic mass is 9.90. The van der Waals surface area contributed by atoms with Crippen LogP contribution in [0.5, 0.6) is 0 Å². The monoisotopic (exact) mass is 348 g/mol. The van der Waals surface area contributed by atoms with E-state index in [-0.39, 0.29) is 18.1 Å². The number of hydrogen-bond acceptors (Lipinski definition) is 4. The third kappa shape index (κ3) is 3.25. The van der Waals surface area contributed by atoms with Crippen LogP contribution in [0.3, 0.4) is 0 Å². The molecule has 5 nitrogen and oxygen atoms in total. The van der Waals surface area contributed by atoms with E-state index < -0.39 is 0 Å². The summed E-state index contributed by atoms with van der Waals surface area (Å²) in [5.74, 6) is -0.385. The topological polar surface area (TPSA) is 60.7 Å². The summed E-state index contributed by atoms with van der Waals surface area (Å²) in [6.45, 7) is 1.90. The number of benzene rings is 1. The van der Waals surface area contributed by atoms with Crippen molar-refractivity contribution in [2.75, 3.05) is 0 Å². The molecular weight excluding hydrogens is 328 g/mol. The van der Waals surface area contributed by atoms with Gasteiger partial charge in [-0.05, 0) is 67.5 Å². The largest absolute Gasteiger partial charge is 0.456 e. The predicted molar refractivity (Wildman–Crippen MR) is 98.4 cm³/mol. The quantitative estimate of drug-likeness (QED) is 0.682. The molecule has 0 saturated carbocycles. The maximum atomic E-state index is 12.4. The van der Waals surface area contributed by atoms with E-state index in [1.165, 1.54) is 28.0 Å². The van der Waals surface area contributed by atoms with Crippen LogP contribution in [0, 0.1) is 6.92 Å². The van der Waals surface area contributed by atoms with Crippen LogP contribution in [0.25, 0.3) is 5.65 Å². The number of rotatable bonds is 3. The zero-order chi connectivity index (χ0) is 18.1. The molecule has 4 rings (SSSR count). The second-order valence-electron chi connectivity index (χ2n) is 6.79. The highest BCUT2D eigenvalue weighted by atomic mass is 16.5. The van der Waals surface area contributed by atoms with Gasteiger partial charge >= 0.3 is 5.97 Å². The van der Waals surface area contributed by atoms with E-state index in [0.29, 0.717) is 16.9 Å². The average molecular weight is 348 g/mol. The molecule has 0 spiro atoms. The van der Waals surface area contributed by atoms with E-state index in [0.717, 1.165) is 24.8 Å². The molecule has 2 aromatic heterocycles. The molecule has 5 heteroatoms. The molecule has 0 aliphatic heterocycles. The molecule has 3 aromatic rings. The van der Waals surface area contributed by atoms with Crippen LogP contribution in [-0.4, -0.2) is 15.4 Å². The van der Waals surface area contributed by atoms with Gasteiger partial charge in [-0.25, -0.2) is 9.78 Å². The minimum atomic E-state index is -0.385. The second-order valence-corrected chi connectivity index (χ2v) is 6.79. The van der Waals surface area contributed by atoms with Crippen molar-refractivity contribution < 1.29 is 9.53 Å². The molecule has 0 fully saturated rings. The molecule has 2 heterocycles. The normalized spacial score (nSPS) is 13.4. The van der Waals surface area contributed by atoms with Gasteiger partial charge in [0.25, 0.3) is 5.56 Å². The second kappa shape index (κ2) is 6.75. The van der Waals surface area contributed by atoms with E-state index >= 15 is 0 Å². The Bertz CT molecular complexity index is 1050.